The van der Waals surface area contributed by atoms with Gasteiger partial charge < -0.3 is 20.7 Å². The average molecular weight is 253 g/mol. The van der Waals surface area contributed by atoms with Crippen LogP contribution in [-0.4, -0.2) is 35.1 Å². The van der Waals surface area contributed by atoms with Crippen LogP contribution < -0.4 is 10.6 Å². The van der Waals surface area contributed by atoms with Gasteiger partial charge in [-0.3, -0.25) is 4.79 Å². The molecule has 1 amide bonds. The molecule has 0 saturated heterocycles. The number of carbonyl (C=O) groups excluding carboxylic acids is 1. The fourth-order valence-corrected chi connectivity index (χ4v) is 1.52. The number of rotatable bonds is 8. The Kier molecular flexibility index (Phi) is 5.93. The highest BCUT2D eigenvalue weighted by Gasteiger charge is 2.10. The molecule has 0 aliphatic carbocycles. The molecule has 1 aromatic rings. The van der Waals surface area contributed by atoms with Gasteiger partial charge in [-0.15, -0.1) is 0 Å². The number of carboxylic acids is 1. The number of nitrogens with one attached hydrogen (secondary N) is 3. The lowest BCUT2D eigenvalue weighted by Gasteiger charge is -2.05. The third kappa shape index (κ3) is 4.58. The summed E-state index contributed by atoms with van der Waals surface area (Å²) in [6.45, 7) is 3.62. The van der Waals surface area contributed by atoms with Crippen molar-refractivity contribution in [1.29, 1.82) is 0 Å². The quantitative estimate of drug-likeness (QED) is 0.513. The maximum atomic E-state index is 11.3. The van der Waals surface area contributed by atoms with Crippen molar-refractivity contribution in [2.24, 2.45) is 0 Å². The van der Waals surface area contributed by atoms with E-state index in [4.69, 9.17) is 5.11 Å². The number of H-pyrrole nitrogens is 1. The summed E-state index contributed by atoms with van der Waals surface area (Å²) in [5, 5.41) is 14.7. The number of hydrogen-bond donors (Lipinski definition) is 4. The van der Waals surface area contributed by atoms with Crippen LogP contribution in [0.1, 0.15) is 35.8 Å². The smallest absolute Gasteiger partial charge is 0.337 e. The molecule has 0 fully saturated rings. The van der Waals surface area contributed by atoms with Crippen LogP contribution in [0, 0.1) is 0 Å². The Balaban J connectivity index is 2.23. The summed E-state index contributed by atoms with van der Waals surface area (Å²) in [4.78, 5) is 25.0. The molecule has 0 unspecified atom stereocenters. The molecule has 0 aliphatic heterocycles. The van der Waals surface area contributed by atoms with Crippen molar-refractivity contribution < 1.29 is 14.7 Å². The average Bonchev–Trinajstić information content (AvgIpc) is 2.80. The largest absolute Gasteiger partial charge is 0.478 e. The van der Waals surface area contributed by atoms with E-state index in [0.29, 0.717) is 31.7 Å². The van der Waals surface area contributed by atoms with Gasteiger partial charge in [-0.25, -0.2) is 4.79 Å². The fourth-order valence-electron chi connectivity index (χ4n) is 1.52. The summed E-state index contributed by atoms with van der Waals surface area (Å²) in [6.07, 6.45) is 2.90. The summed E-state index contributed by atoms with van der Waals surface area (Å²) in [7, 11) is 0. The number of aromatic carboxylic acids is 1. The second kappa shape index (κ2) is 7.50. The van der Waals surface area contributed by atoms with E-state index in [1.807, 2.05) is 6.92 Å². The van der Waals surface area contributed by atoms with E-state index in [2.05, 4.69) is 15.6 Å². The lowest BCUT2D eigenvalue weighted by atomic mass is 10.2. The standard InChI is InChI=1S/C12H19N3O3/c1-2-5-15-11(16)4-6-13-8-10-9(12(17)18)3-7-14-10/h3,7,13-14H,2,4-6,8H2,1H3,(H,15,16)(H,17,18). The summed E-state index contributed by atoms with van der Waals surface area (Å²) in [5.74, 6) is -0.942. The van der Waals surface area contributed by atoms with Crippen molar-refractivity contribution in [3.8, 4) is 0 Å². The van der Waals surface area contributed by atoms with Crippen LogP contribution in [0.3, 0.4) is 0 Å². The van der Waals surface area contributed by atoms with Gasteiger partial charge in [0.2, 0.25) is 5.91 Å². The first kappa shape index (κ1) is 14.2. The van der Waals surface area contributed by atoms with Crippen molar-refractivity contribution in [2.45, 2.75) is 26.3 Å². The monoisotopic (exact) mass is 253 g/mol. The number of carbonyl (C=O) groups is 2. The topological polar surface area (TPSA) is 94.2 Å². The van der Waals surface area contributed by atoms with Crippen molar-refractivity contribution in [2.75, 3.05) is 13.1 Å². The van der Waals surface area contributed by atoms with Crippen LogP contribution >= 0.6 is 0 Å². The van der Waals surface area contributed by atoms with Crippen LogP contribution in [0.25, 0.3) is 0 Å². The molecule has 0 atom stereocenters. The van der Waals surface area contributed by atoms with Crippen LogP contribution in [0.2, 0.25) is 0 Å². The normalized spacial score (nSPS) is 10.3. The predicted molar refractivity (Wildman–Crippen MR) is 67.4 cm³/mol. The minimum absolute atomic E-state index is 0.00861. The molecule has 6 heteroatoms. The first-order valence-electron chi connectivity index (χ1n) is 6.02. The Morgan fingerprint density at radius 3 is 2.83 bits per heavy atom. The van der Waals surface area contributed by atoms with Gasteiger partial charge >= 0.3 is 5.97 Å². The zero-order valence-corrected chi connectivity index (χ0v) is 10.5. The highest BCUT2D eigenvalue weighted by molar-refractivity contribution is 5.88. The van der Waals surface area contributed by atoms with E-state index in [-0.39, 0.29) is 11.5 Å². The van der Waals surface area contributed by atoms with Crippen LogP contribution in [-0.2, 0) is 11.3 Å². The highest BCUT2D eigenvalue weighted by atomic mass is 16.4. The maximum Gasteiger partial charge on any atom is 0.337 e. The Hall–Kier alpha value is -1.82. The minimum Gasteiger partial charge on any atom is -0.478 e. The number of aromatic nitrogens is 1. The molecule has 6 nitrogen and oxygen atoms in total. The lowest BCUT2D eigenvalue weighted by Crippen LogP contribution is -2.28. The summed E-state index contributed by atoms with van der Waals surface area (Å²) < 4.78 is 0. The molecule has 4 N–H and O–H groups in total. The summed E-state index contributed by atoms with van der Waals surface area (Å²) in [5.41, 5.74) is 0.884. The third-order valence-corrected chi connectivity index (χ3v) is 2.47. The summed E-state index contributed by atoms with van der Waals surface area (Å²) >= 11 is 0. The molecule has 100 valence electrons. The SMILES string of the molecule is CCCNC(=O)CCNCc1[nH]ccc1C(=O)O. The van der Waals surface area contributed by atoms with Crippen molar-refractivity contribution in [1.82, 2.24) is 15.6 Å². The van der Waals surface area contributed by atoms with E-state index >= 15 is 0 Å². The molecule has 1 heterocycles. The molecule has 0 saturated carbocycles. The second-order valence-corrected chi connectivity index (χ2v) is 3.95. The van der Waals surface area contributed by atoms with E-state index < -0.39 is 5.97 Å². The Labute approximate surface area is 106 Å². The molecule has 0 aliphatic rings. The minimum atomic E-state index is -0.950. The zero-order chi connectivity index (χ0) is 13.4. The first-order valence-corrected chi connectivity index (χ1v) is 6.02. The van der Waals surface area contributed by atoms with Crippen molar-refractivity contribution >= 4 is 11.9 Å². The van der Waals surface area contributed by atoms with Gasteiger partial charge in [0.25, 0.3) is 0 Å². The number of carboxylic acid groups (broad SMARTS) is 1. The Morgan fingerprint density at radius 2 is 2.17 bits per heavy atom. The maximum absolute atomic E-state index is 11.3. The Bertz CT molecular complexity index is 401. The molecule has 0 aromatic carbocycles. The third-order valence-electron chi connectivity index (χ3n) is 2.47. The van der Waals surface area contributed by atoms with E-state index in [1.165, 1.54) is 6.07 Å². The molecule has 1 aromatic heterocycles. The Morgan fingerprint density at radius 1 is 1.39 bits per heavy atom. The molecule has 0 radical (unpaired) electrons. The predicted octanol–water partition coefficient (Wildman–Crippen LogP) is 0.719. The van der Waals surface area contributed by atoms with Crippen LogP contribution in [0.15, 0.2) is 12.3 Å². The van der Waals surface area contributed by atoms with Gasteiger partial charge in [0.1, 0.15) is 0 Å². The second-order valence-electron chi connectivity index (χ2n) is 3.95. The number of aromatic amines is 1. The molecule has 0 bridgehead atoms. The fraction of sp³-hybridized carbons (Fsp3) is 0.500. The molecule has 18 heavy (non-hydrogen) atoms. The number of hydrogen-bond acceptors (Lipinski definition) is 3. The summed E-state index contributed by atoms with van der Waals surface area (Å²) in [6, 6.07) is 1.52. The highest BCUT2D eigenvalue weighted by Crippen LogP contribution is 2.05. The van der Waals surface area contributed by atoms with Gasteiger partial charge in [0, 0.05) is 37.9 Å². The van der Waals surface area contributed by atoms with E-state index in [9.17, 15) is 9.59 Å². The molecular formula is C12H19N3O3. The van der Waals surface area contributed by atoms with Crippen LogP contribution in [0.4, 0.5) is 0 Å². The van der Waals surface area contributed by atoms with Crippen molar-refractivity contribution in [3.05, 3.63) is 23.5 Å². The lowest BCUT2D eigenvalue weighted by molar-refractivity contribution is -0.121. The molecule has 0 spiro atoms. The van der Waals surface area contributed by atoms with Gasteiger partial charge in [-0.1, -0.05) is 6.92 Å². The van der Waals surface area contributed by atoms with Gasteiger partial charge in [-0.2, -0.15) is 0 Å². The van der Waals surface area contributed by atoms with E-state index in [1.54, 1.807) is 6.20 Å². The van der Waals surface area contributed by atoms with Gasteiger partial charge in [-0.05, 0) is 12.5 Å². The van der Waals surface area contributed by atoms with E-state index in [0.717, 1.165) is 6.42 Å². The van der Waals surface area contributed by atoms with Crippen molar-refractivity contribution in [3.63, 3.8) is 0 Å². The molecular weight excluding hydrogens is 234 g/mol. The molecule has 1 rings (SSSR count). The van der Waals surface area contributed by atoms with Gasteiger partial charge in [0.15, 0.2) is 0 Å². The zero-order valence-electron chi connectivity index (χ0n) is 10.5. The van der Waals surface area contributed by atoms with Gasteiger partial charge in [0.05, 0.1) is 5.56 Å². The number of amides is 1. The first-order chi connectivity index (χ1) is 8.65. The van der Waals surface area contributed by atoms with Crippen LogP contribution in [0.5, 0.6) is 0 Å².